The molecule has 3 rings (SSSR count). The minimum absolute atomic E-state index is 0.0691. The predicted molar refractivity (Wildman–Crippen MR) is 95.7 cm³/mol. The quantitative estimate of drug-likeness (QED) is 0.767. The van der Waals surface area contributed by atoms with Crippen LogP contribution in [-0.2, 0) is 4.79 Å². The fraction of sp³-hybridized carbons (Fsp3) is 0.312. The van der Waals surface area contributed by atoms with E-state index < -0.39 is 0 Å². The maximum atomic E-state index is 12.2. The minimum atomic E-state index is 0.0691. The molecule has 0 aliphatic carbocycles. The molecule has 1 aromatic heterocycles. The third-order valence-electron chi connectivity index (χ3n) is 3.71. The normalized spacial score (nSPS) is 18.8. The van der Waals surface area contributed by atoms with Crippen LogP contribution in [0.4, 0.5) is 5.69 Å². The van der Waals surface area contributed by atoms with Crippen LogP contribution in [-0.4, -0.2) is 23.9 Å². The molecule has 0 spiro atoms. The maximum Gasteiger partial charge on any atom is 0.238 e. The number of anilines is 1. The number of carbonyl (C=O) groups is 1. The molecule has 1 N–H and O–H groups in total. The standard InChI is InChI=1S/C16H17IN2OS/c17-12-5-7-13(8-6-12)18-16(20)11-19-9-1-3-14(19)15-4-2-10-21-15/h2,4-8,10,14H,1,3,9,11H2,(H,18,20)/t14-/m1/s1. The zero-order chi connectivity index (χ0) is 14.7. The lowest BCUT2D eigenvalue weighted by atomic mass is 10.2. The minimum Gasteiger partial charge on any atom is -0.325 e. The molecule has 3 nitrogen and oxygen atoms in total. The Bertz CT molecular complexity index is 597. The van der Waals surface area contributed by atoms with E-state index in [2.05, 4.69) is 50.3 Å². The van der Waals surface area contributed by atoms with Gasteiger partial charge in [-0.3, -0.25) is 9.69 Å². The molecule has 0 radical (unpaired) electrons. The molecule has 0 unspecified atom stereocenters. The van der Waals surface area contributed by atoms with Crippen molar-refractivity contribution in [2.45, 2.75) is 18.9 Å². The average Bonchev–Trinajstić information content (AvgIpc) is 3.11. The number of rotatable bonds is 4. The molecule has 2 heterocycles. The number of hydrogen-bond donors (Lipinski definition) is 1. The molecular weight excluding hydrogens is 395 g/mol. The van der Waals surface area contributed by atoms with Gasteiger partial charge in [0, 0.05) is 20.2 Å². The van der Waals surface area contributed by atoms with E-state index in [1.807, 2.05) is 24.3 Å². The highest BCUT2D eigenvalue weighted by molar-refractivity contribution is 14.1. The number of nitrogens with one attached hydrogen (secondary N) is 1. The molecule has 5 heteroatoms. The molecule has 1 aliphatic rings. The zero-order valence-corrected chi connectivity index (χ0v) is 14.6. The molecule has 21 heavy (non-hydrogen) atoms. The smallest absolute Gasteiger partial charge is 0.238 e. The van der Waals surface area contributed by atoms with Gasteiger partial charge in [0.1, 0.15) is 0 Å². The summed E-state index contributed by atoms with van der Waals surface area (Å²) in [4.78, 5) is 15.9. The van der Waals surface area contributed by atoms with E-state index in [0.29, 0.717) is 12.6 Å². The topological polar surface area (TPSA) is 32.3 Å². The molecule has 1 saturated heterocycles. The second kappa shape index (κ2) is 6.89. The molecule has 110 valence electrons. The van der Waals surface area contributed by atoms with E-state index in [9.17, 15) is 4.79 Å². The third kappa shape index (κ3) is 3.84. The van der Waals surface area contributed by atoms with Crippen molar-refractivity contribution in [3.05, 3.63) is 50.2 Å². The van der Waals surface area contributed by atoms with Gasteiger partial charge in [-0.15, -0.1) is 11.3 Å². The maximum absolute atomic E-state index is 12.2. The van der Waals surface area contributed by atoms with Crippen LogP contribution in [0.1, 0.15) is 23.8 Å². The van der Waals surface area contributed by atoms with Gasteiger partial charge in [0.15, 0.2) is 0 Å². The van der Waals surface area contributed by atoms with E-state index in [1.54, 1.807) is 11.3 Å². The number of nitrogens with zero attached hydrogens (tertiary/aromatic N) is 1. The molecule has 0 bridgehead atoms. The highest BCUT2D eigenvalue weighted by atomic mass is 127. The highest BCUT2D eigenvalue weighted by Gasteiger charge is 2.28. The summed E-state index contributed by atoms with van der Waals surface area (Å²) in [5.74, 6) is 0.0691. The second-order valence-electron chi connectivity index (χ2n) is 5.20. The first-order chi connectivity index (χ1) is 10.2. The van der Waals surface area contributed by atoms with Crippen molar-refractivity contribution in [1.82, 2.24) is 4.90 Å². The van der Waals surface area contributed by atoms with Crippen molar-refractivity contribution in [3.8, 4) is 0 Å². The summed E-state index contributed by atoms with van der Waals surface area (Å²) in [5, 5.41) is 5.09. The van der Waals surface area contributed by atoms with Gasteiger partial charge in [0.05, 0.1) is 6.54 Å². The van der Waals surface area contributed by atoms with Gasteiger partial charge < -0.3 is 5.32 Å². The summed E-state index contributed by atoms with van der Waals surface area (Å²) in [5.41, 5.74) is 0.868. The summed E-state index contributed by atoms with van der Waals surface area (Å²) in [6.45, 7) is 1.47. The van der Waals surface area contributed by atoms with Crippen LogP contribution in [0.25, 0.3) is 0 Å². The predicted octanol–water partition coefficient (Wildman–Crippen LogP) is 4.13. The van der Waals surface area contributed by atoms with Crippen molar-refractivity contribution in [2.75, 3.05) is 18.4 Å². The lowest BCUT2D eigenvalue weighted by molar-refractivity contribution is -0.117. The Kier molecular flexibility index (Phi) is 4.92. The van der Waals surface area contributed by atoms with E-state index in [-0.39, 0.29) is 5.91 Å². The molecule has 2 aromatic rings. The zero-order valence-electron chi connectivity index (χ0n) is 11.6. The van der Waals surface area contributed by atoms with Crippen LogP contribution in [0.2, 0.25) is 0 Å². The van der Waals surface area contributed by atoms with Gasteiger partial charge in [-0.1, -0.05) is 6.07 Å². The van der Waals surface area contributed by atoms with Crippen LogP contribution in [0.15, 0.2) is 41.8 Å². The van der Waals surface area contributed by atoms with Crippen LogP contribution < -0.4 is 5.32 Å². The largest absolute Gasteiger partial charge is 0.325 e. The number of thiophene rings is 1. The molecule has 1 fully saturated rings. The highest BCUT2D eigenvalue weighted by Crippen LogP contribution is 2.34. The van der Waals surface area contributed by atoms with Gasteiger partial charge in [-0.25, -0.2) is 0 Å². The monoisotopic (exact) mass is 412 g/mol. The van der Waals surface area contributed by atoms with Crippen molar-refractivity contribution < 1.29 is 4.79 Å². The summed E-state index contributed by atoms with van der Waals surface area (Å²) >= 11 is 4.04. The Morgan fingerprint density at radius 3 is 2.86 bits per heavy atom. The number of halogens is 1. The Hall–Kier alpha value is -0.920. The summed E-state index contributed by atoms with van der Waals surface area (Å²) in [6, 6.07) is 12.6. The molecule has 0 saturated carbocycles. The Morgan fingerprint density at radius 1 is 1.33 bits per heavy atom. The van der Waals surface area contributed by atoms with Gasteiger partial charge in [-0.2, -0.15) is 0 Å². The summed E-state index contributed by atoms with van der Waals surface area (Å²) in [6.07, 6.45) is 2.32. The Balaban J connectivity index is 1.60. The molecule has 1 aliphatic heterocycles. The van der Waals surface area contributed by atoms with E-state index >= 15 is 0 Å². The van der Waals surface area contributed by atoms with Crippen LogP contribution >= 0.6 is 33.9 Å². The van der Waals surface area contributed by atoms with Gasteiger partial charge >= 0.3 is 0 Å². The first-order valence-electron chi connectivity index (χ1n) is 7.05. The number of benzene rings is 1. The average molecular weight is 412 g/mol. The molecule has 1 aromatic carbocycles. The number of carbonyl (C=O) groups excluding carboxylic acids is 1. The third-order valence-corrected chi connectivity index (χ3v) is 5.40. The molecule has 1 atom stereocenters. The van der Waals surface area contributed by atoms with Gasteiger partial charge in [0.25, 0.3) is 0 Å². The van der Waals surface area contributed by atoms with Crippen molar-refractivity contribution in [1.29, 1.82) is 0 Å². The SMILES string of the molecule is O=C(CN1CCC[C@@H]1c1cccs1)Nc1ccc(I)cc1. The fourth-order valence-corrected chi connectivity index (χ4v) is 3.99. The Labute approximate surface area is 142 Å². The van der Waals surface area contributed by atoms with Crippen LogP contribution in [0.3, 0.4) is 0 Å². The lowest BCUT2D eigenvalue weighted by Crippen LogP contribution is -2.32. The second-order valence-corrected chi connectivity index (χ2v) is 7.42. The molecule has 1 amide bonds. The molecular formula is C16H17IN2OS. The Morgan fingerprint density at radius 2 is 2.14 bits per heavy atom. The van der Waals surface area contributed by atoms with Gasteiger partial charge in [0.2, 0.25) is 5.91 Å². The van der Waals surface area contributed by atoms with Crippen molar-refractivity contribution in [3.63, 3.8) is 0 Å². The van der Waals surface area contributed by atoms with Gasteiger partial charge in [-0.05, 0) is 77.7 Å². The van der Waals surface area contributed by atoms with Crippen LogP contribution in [0, 0.1) is 3.57 Å². The number of hydrogen-bond acceptors (Lipinski definition) is 3. The van der Waals surface area contributed by atoms with Crippen molar-refractivity contribution >= 4 is 45.5 Å². The first-order valence-corrected chi connectivity index (χ1v) is 9.01. The van der Waals surface area contributed by atoms with E-state index in [0.717, 1.165) is 18.7 Å². The number of likely N-dealkylation sites (tertiary alicyclic amines) is 1. The lowest BCUT2D eigenvalue weighted by Gasteiger charge is -2.22. The van der Waals surface area contributed by atoms with Crippen molar-refractivity contribution in [2.24, 2.45) is 0 Å². The number of amides is 1. The van der Waals surface area contributed by atoms with E-state index in [1.165, 1.54) is 14.9 Å². The van der Waals surface area contributed by atoms with E-state index in [4.69, 9.17) is 0 Å². The first kappa shape index (κ1) is 15.0. The summed E-state index contributed by atoms with van der Waals surface area (Å²) < 4.78 is 1.17. The fourth-order valence-electron chi connectivity index (χ4n) is 2.74. The summed E-state index contributed by atoms with van der Waals surface area (Å²) in [7, 11) is 0. The van der Waals surface area contributed by atoms with Crippen LogP contribution in [0.5, 0.6) is 0 Å².